The fraction of sp³-hybridized carbons (Fsp3) is 0.263. The van der Waals surface area contributed by atoms with E-state index in [1.54, 1.807) is 43.5 Å². The van der Waals surface area contributed by atoms with Crippen LogP contribution in [0.5, 0.6) is 11.5 Å². The van der Waals surface area contributed by atoms with E-state index in [4.69, 9.17) is 14.3 Å². The van der Waals surface area contributed by atoms with Gasteiger partial charge in [-0.25, -0.2) is 5.06 Å². The maximum atomic E-state index is 12.3. The Labute approximate surface area is 162 Å². The van der Waals surface area contributed by atoms with Crippen molar-refractivity contribution in [3.8, 4) is 11.5 Å². The Bertz CT molecular complexity index is 812. The molecule has 2 aromatic rings. The van der Waals surface area contributed by atoms with Crippen LogP contribution in [0.3, 0.4) is 0 Å². The smallest absolute Gasteiger partial charge is 0.278 e. The van der Waals surface area contributed by atoms with E-state index in [1.807, 2.05) is 6.07 Å². The zero-order valence-electron chi connectivity index (χ0n) is 15.6. The first kappa shape index (κ1) is 20.6. The summed E-state index contributed by atoms with van der Waals surface area (Å²) in [6.45, 7) is 0. The number of ether oxygens (including phenoxy) is 2. The largest absolute Gasteiger partial charge is 0.493 e. The summed E-state index contributed by atoms with van der Waals surface area (Å²) in [6, 6.07) is 12.2. The van der Waals surface area contributed by atoms with E-state index in [1.165, 1.54) is 33.0 Å². The van der Waals surface area contributed by atoms with Crippen LogP contribution in [0.25, 0.3) is 0 Å². The number of nitrogens with one attached hydrogen (secondary N) is 1. The Morgan fingerprint density at radius 3 is 2.41 bits per heavy atom. The number of benzene rings is 2. The SMILES string of the molecule is COc1ccc(NC(=O)CSc2ccccc2C(=O)N(C)OC)cc1OC. The lowest BCUT2D eigenvalue weighted by atomic mass is 10.2. The fourth-order valence-electron chi connectivity index (χ4n) is 2.28. The third-order valence-corrected chi connectivity index (χ3v) is 4.78. The number of anilines is 1. The molecular weight excluding hydrogens is 368 g/mol. The van der Waals surface area contributed by atoms with E-state index >= 15 is 0 Å². The molecule has 0 aliphatic rings. The molecule has 0 aliphatic carbocycles. The molecule has 0 fully saturated rings. The highest BCUT2D eigenvalue weighted by atomic mass is 32.2. The molecule has 0 unspecified atom stereocenters. The van der Waals surface area contributed by atoms with E-state index in [-0.39, 0.29) is 17.6 Å². The standard InChI is InChI=1S/C19H22N2O5S/c1-21(26-4)19(23)14-7-5-6-8-17(14)27-12-18(22)20-13-9-10-15(24-2)16(11-13)25-3/h5-11H,12H2,1-4H3,(H,20,22). The second-order valence-corrected chi connectivity index (χ2v) is 6.41. The zero-order chi connectivity index (χ0) is 19.8. The third-order valence-electron chi connectivity index (χ3n) is 3.70. The molecule has 0 atom stereocenters. The van der Waals surface area contributed by atoms with Gasteiger partial charge in [0.15, 0.2) is 11.5 Å². The molecule has 2 amide bonds. The van der Waals surface area contributed by atoms with Crippen LogP contribution in [0, 0.1) is 0 Å². The van der Waals surface area contributed by atoms with Crippen LogP contribution in [0.2, 0.25) is 0 Å². The molecule has 0 saturated heterocycles. The van der Waals surface area contributed by atoms with Crippen molar-refractivity contribution in [2.45, 2.75) is 4.90 Å². The molecule has 2 aromatic carbocycles. The van der Waals surface area contributed by atoms with E-state index in [0.29, 0.717) is 27.6 Å². The number of nitrogens with zero attached hydrogens (tertiary/aromatic N) is 1. The minimum atomic E-state index is -0.277. The number of hydroxylamine groups is 2. The van der Waals surface area contributed by atoms with Crippen LogP contribution >= 0.6 is 11.8 Å². The predicted molar refractivity (Wildman–Crippen MR) is 104 cm³/mol. The lowest BCUT2D eigenvalue weighted by molar-refractivity contribution is -0.113. The van der Waals surface area contributed by atoms with Gasteiger partial charge in [-0.15, -0.1) is 11.8 Å². The molecule has 7 nitrogen and oxygen atoms in total. The van der Waals surface area contributed by atoms with E-state index < -0.39 is 0 Å². The van der Waals surface area contributed by atoms with Crippen LogP contribution in [0.15, 0.2) is 47.4 Å². The van der Waals surface area contributed by atoms with Gasteiger partial charge in [-0.3, -0.25) is 14.4 Å². The molecule has 1 N–H and O–H groups in total. The number of hydrogen-bond donors (Lipinski definition) is 1. The van der Waals surface area contributed by atoms with Crippen molar-refractivity contribution in [2.75, 3.05) is 39.4 Å². The molecule has 0 aliphatic heterocycles. The van der Waals surface area contributed by atoms with E-state index in [2.05, 4.69) is 5.32 Å². The van der Waals surface area contributed by atoms with Crippen molar-refractivity contribution in [1.29, 1.82) is 0 Å². The maximum Gasteiger partial charge on any atom is 0.278 e. The lowest BCUT2D eigenvalue weighted by Gasteiger charge is -2.16. The van der Waals surface area contributed by atoms with Crippen LogP contribution in [-0.4, -0.2) is 51.0 Å². The molecule has 0 aromatic heterocycles. The quantitative estimate of drug-likeness (QED) is 0.551. The normalized spacial score (nSPS) is 10.2. The first-order valence-electron chi connectivity index (χ1n) is 8.06. The van der Waals surface area contributed by atoms with Gasteiger partial charge in [0.2, 0.25) is 5.91 Å². The van der Waals surface area contributed by atoms with Crippen molar-refractivity contribution in [3.05, 3.63) is 48.0 Å². The monoisotopic (exact) mass is 390 g/mol. The molecule has 2 rings (SSSR count). The van der Waals surface area contributed by atoms with Gasteiger partial charge in [-0.05, 0) is 24.3 Å². The Kier molecular flexibility index (Phi) is 7.51. The zero-order valence-corrected chi connectivity index (χ0v) is 16.5. The summed E-state index contributed by atoms with van der Waals surface area (Å²) in [5.74, 6) is 0.784. The van der Waals surface area contributed by atoms with Crippen molar-refractivity contribution in [3.63, 3.8) is 0 Å². The number of carbonyl (C=O) groups is 2. The molecule has 144 valence electrons. The summed E-state index contributed by atoms with van der Waals surface area (Å²) < 4.78 is 10.4. The second kappa shape index (κ2) is 9.84. The van der Waals surface area contributed by atoms with Crippen molar-refractivity contribution < 1.29 is 23.9 Å². The highest BCUT2D eigenvalue weighted by Crippen LogP contribution is 2.30. The minimum absolute atomic E-state index is 0.148. The molecule has 8 heteroatoms. The van der Waals surface area contributed by atoms with Crippen molar-refractivity contribution in [1.82, 2.24) is 5.06 Å². The van der Waals surface area contributed by atoms with Gasteiger partial charge < -0.3 is 14.8 Å². The molecule has 0 bridgehead atoms. The second-order valence-electron chi connectivity index (χ2n) is 5.39. The Balaban J connectivity index is 2.03. The highest BCUT2D eigenvalue weighted by molar-refractivity contribution is 8.00. The van der Waals surface area contributed by atoms with Gasteiger partial charge in [-0.1, -0.05) is 12.1 Å². The summed E-state index contributed by atoms with van der Waals surface area (Å²) in [4.78, 5) is 30.3. The minimum Gasteiger partial charge on any atom is -0.493 e. The third kappa shape index (κ3) is 5.38. The highest BCUT2D eigenvalue weighted by Gasteiger charge is 2.16. The van der Waals surface area contributed by atoms with Gasteiger partial charge in [-0.2, -0.15) is 0 Å². The molecule has 0 radical (unpaired) electrons. The van der Waals surface area contributed by atoms with E-state index in [0.717, 1.165) is 5.06 Å². The number of hydrogen-bond acceptors (Lipinski definition) is 6. The van der Waals surface area contributed by atoms with Crippen molar-refractivity contribution in [2.24, 2.45) is 0 Å². The molecule has 0 saturated carbocycles. The lowest BCUT2D eigenvalue weighted by Crippen LogP contribution is -2.26. The average molecular weight is 390 g/mol. The van der Waals surface area contributed by atoms with Crippen LogP contribution in [0.4, 0.5) is 5.69 Å². The molecule has 0 heterocycles. The van der Waals surface area contributed by atoms with Gasteiger partial charge in [0.05, 0.1) is 32.6 Å². The van der Waals surface area contributed by atoms with E-state index in [9.17, 15) is 9.59 Å². The molecular formula is C19H22N2O5S. The number of rotatable bonds is 8. The number of carbonyl (C=O) groups excluding carboxylic acids is 2. The first-order chi connectivity index (χ1) is 13.0. The molecule has 0 spiro atoms. The van der Waals surface area contributed by atoms with Gasteiger partial charge in [0, 0.05) is 23.7 Å². The first-order valence-corrected chi connectivity index (χ1v) is 9.04. The number of thioether (sulfide) groups is 1. The fourth-order valence-corrected chi connectivity index (χ4v) is 3.12. The topological polar surface area (TPSA) is 77.1 Å². The van der Waals surface area contributed by atoms with Gasteiger partial charge in [0.25, 0.3) is 5.91 Å². The van der Waals surface area contributed by atoms with Gasteiger partial charge in [0.1, 0.15) is 0 Å². The average Bonchev–Trinajstić information content (AvgIpc) is 2.71. The maximum absolute atomic E-state index is 12.3. The van der Waals surface area contributed by atoms with Crippen LogP contribution < -0.4 is 14.8 Å². The van der Waals surface area contributed by atoms with Crippen LogP contribution in [0.1, 0.15) is 10.4 Å². The Hall–Kier alpha value is -2.71. The Morgan fingerprint density at radius 1 is 1.04 bits per heavy atom. The number of methoxy groups -OCH3 is 2. The summed E-state index contributed by atoms with van der Waals surface area (Å²) in [7, 11) is 6.04. The summed E-state index contributed by atoms with van der Waals surface area (Å²) in [6.07, 6.45) is 0. The summed E-state index contributed by atoms with van der Waals surface area (Å²) in [5.41, 5.74) is 1.08. The van der Waals surface area contributed by atoms with Gasteiger partial charge >= 0.3 is 0 Å². The summed E-state index contributed by atoms with van der Waals surface area (Å²) >= 11 is 1.28. The Morgan fingerprint density at radius 2 is 1.74 bits per heavy atom. The van der Waals surface area contributed by atoms with Crippen molar-refractivity contribution >= 4 is 29.3 Å². The predicted octanol–water partition coefficient (Wildman–Crippen LogP) is 3.07. The number of amides is 2. The summed E-state index contributed by atoms with van der Waals surface area (Å²) in [5, 5.41) is 3.95. The van der Waals surface area contributed by atoms with Crippen LogP contribution in [-0.2, 0) is 9.63 Å². The molecule has 27 heavy (non-hydrogen) atoms.